The van der Waals surface area contributed by atoms with Gasteiger partial charge >= 0.3 is 0 Å². The number of nitrogens with one attached hydrogen (secondary N) is 1. The number of hydrogen-bond acceptors (Lipinski definition) is 5. The van der Waals surface area contributed by atoms with Crippen LogP contribution in [0.4, 0.5) is 5.69 Å². The first-order valence-electron chi connectivity index (χ1n) is 8.37. The molecule has 0 aliphatic heterocycles. The summed E-state index contributed by atoms with van der Waals surface area (Å²) < 4.78 is 0. The number of carbonyl (C=O) groups excluding carboxylic acids is 1. The van der Waals surface area contributed by atoms with Crippen molar-refractivity contribution in [2.24, 2.45) is 0 Å². The molecule has 3 N–H and O–H groups in total. The maximum atomic E-state index is 12.6. The monoisotopic (exact) mass is 413 g/mol. The fourth-order valence-corrected chi connectivity index (χ4v) is 4.74. The molecule has 3 aromatic heterocycles. The van der Waals surface area contributed by atoms with E-state index in [9.17, 15) is 4.79 Å². The number of anilines is 1. The van der Waals surface area contributed by atoms with Gasteiger partial charge in [-0.25, -0.2) is 4.98 Å². The highest BCUT2D eigenvalue weighted by atomic mass is 35.5. The minimum Gasteiger partial charge on any atom is -0.397 e. The number of benzene rings is 1. The molecule has 4 rings (SSSR count). The predicted octanol–water partition coefficient (Wildman–Crippen LogP) is 5.23. The molecule has 27 heavy (non-hydrogen) atoms. The van der Waals surface area contributed by atoms with Crippen LogP contribution in [0, 0.1) is 0 Å². The van der Waals surface area contributed by atoms with Gasteiger partial charge in [-0.2, -0.15) is 0 Å². The van der Waals surface area contributed by atoms with Crippen LogP contribution in [0.25, 0.3) is 20.8 Å². The average Bonchev–Trinajstić information content (AvgIpc) is 3.30. The topological polar surface area (TPSA) is 68.0 Å². The van der Waals surface area contributed by atoms with Gasteiger partial charge in [-0.15, -0.1) is 22.7 Å². The number of halogens is 1. The molecule has 0 aliphatic carbocycles. The molecule has 0 radical (unpaired) electrons. The molecule has 4 aromatic rings. The summed E-state index contributed by atoms with van der Waals surface area (Å²) in [6.45, 7) is 0.515. The summed E-state index contributed by atoms with van der Waals surface area (Å²) in [5.41, 5.74) is 8.67. The van der Waals surface area contributed by atoms with E-state index in [-0.39, 0.29) is 5.91 Å². The van der Waals surface area contributed by atoms with Crippen molar-refractivity contribution in [2.75, 3.05) is 12.3 Å². The van der Waals surface area contributed by atoms with Gasteiger partial charge in [0.2, 0.25) is 0 Å². The summed E-state index contributed by atoms with van der Waals surface area (Å²) in [4.78, 5) is 19.6. The van der Waals surface area contributed by atoms with E-state index >= 15 is 0 Å². The molecule has 1 amide bonds. The molecular formula is C20H16ClN3OS2. The number of fused-ring (bicyclic) bond motifs is 1. The zero-order valence-electron chi connectivity index (χ0n) is 14.2. The van der Waals surface area contributed by atoms with Crippen molar-refractivity contribution in [1.29, 1.82) is 0 Å². The van der Waals surface area contributed by atoms with E-state index in [1.165, 1.54) is 11.3 Å². The van der Waals surface area contributed by atoms with Crippen LogP contribution in [0.15, 0.2) is 53.9 Å². The normalized spacial score (nSPS) is 11.0. The fourth-order valence-electron chi connectivity index (χ4n) is 2.82. The van der Waals surface area contributed by atoms with E-state index in [0.29, 0.717) is 28.6 Å². The van der Waals surface area contributed by atoms with Crippen LogP contribution in [0.3, 0.4) is 0 Å². The highest BCUT2D eigenvalue weighted by molar-refractivity contribution is 7.21. The second-order valence-corrected chi connectivity index (χ2v) is 8.39. The molecule has 1 aromatic carbocycles. The lowest BCUT2D eigenvalue weighted by molar-refractivity contribution is 0.0959. The molecule has 0 aliphatic rings. The Labute approximate surface area is 169 Å². The number of pyridine rings is 1. The van der Waals surface area contributed by atoms with Gasteiger partial charge in [0.15, 0.2) is 0 Å². The minimum atomic E-state index is -0.171. The van der Waals surface area contributed by atoms with Gasteiger partial charge in [-0.05, 0) is 47.7 Å². The first-order valence-corrected chi connectivity index (χ1v) is 10.4. The predicted molar refractivity (Wildman–Crippen MR) is 115 cm³/mol. The van der Waals surface area contributed by atoms with Crippen molar-refractivity contribution < 1.29 is 4.79 Å². The van der Waals surface area contributed by atoms with Gasteiger partial charge < -0.3 is 11.1 Å². The first-order chi connectivity index (χ1) is 13.1. The Morgan fingerprint density at radius 2 is 2.07 bits per heavy atom. The largest absolute Gasteiger partial charge is 0.397 e. The number of hydrogen-bond donors (Lipinski definition) is 2. The highest BCUT2D eigenvalue weighted by Crippen LogP contribution is 2.34. The summed E-state index contributed by atoms with van der Waals surface area (Å²) in [7, 11) is 0. The lowest BCUT2D eigenvalue weighted by Gasteiger charge is -2.05. The van der Waals surface area contributed by atoms with Gasteiger partial charge in [-0.1, -0.05) is 29.8 Å². The molecule has 0 fully saturated rings. The average molecular weight is 414 g/mol. The Morgan fingerprint density at radius 3 is 2.85 bits per heavy atom. The van der Waals surface area contributed by atoms with Crippen LogP contribution in [0.2, 0.25) is 5.02 Å². The summed E-state index contributed by atoms with van der Waals surface area (Å²) in [6, 6.07) is 15.5. The number of aromatic nitrogens is 1. The minimum absolute atomic E-state index is 0.171. The number of rotatable bonds is 5. The van der Waals surface area contributed by atoms with Crippen molar-refractivity contribution in [2.45, 2.75) is 6.42 Å². The quantitative estimate of drug-likeness (QED) is 0.470. The summed E-state index contributed by atoms with van der Waals surface area (Å²) >= 11 is 8.95. The molecule has 7 heteroatoms. The molecule has 3 heterocycles. The summed E-state index contributed by atoms with van der Waals surface area (Å²) in [5, 5.41) is 6.46. The Balaban J connectivity index is 1.50. The second-order valence-electron chi connectivity index (χ2n) is 6.01. The standard InChI is InChI=1S/C20H16ClN3OS2/c21-13-4-1-3-12(11-13)8-9-23-19(25)18-17(22)14-6-7-15(24-20(14)27-18)16-5-2-10-26-16/h1-7,10-11H,8-9,22H2,(H,23,25). The van der Waals surface area contributed by atoms with Crippen molar-refractivity contribution in [3.8, 4) is 10.6 Å². The maximum absolute atomic E-state index is 12.6. The Morgan fingerprint density at radius 1 is 1.19 bits per heavy atom. The van der Waals surface area contributed by atoms with Crippen LogP contribution >= 0.6 is 34.3 Å². The van der Waals surface area contributed by atoms with Crippen molar-refractivity contribution in [3.05, 3.63) is 69.4 Å². The van der Waals surface area contributed by atoms with E-state index < -0.39 is 0 Å². The zero-order valence-corrected chi connectivity index (χ0v) is 16.6. The Hall–Kier alpha value is -2.41. The van der Waals surface area contributed by atoms with Crippen molar-refractivity contribution in [1.82, 2.24) is 10.3 Å². The van der Waals surface area contributed by atoms with Gasteiger partial charge in [0.25, 0.3) is 5.91 Å². The fraction of sp³-hybridized carbons (Fsp3) is 0.100. The Bertz CT molecular complexity index is 1110. The third-order valence-corrected chi connectivity index (χ3v) is 6.40. The van der Waals surface area contributed by atoms with Crippen LogP contribution in [-0.4, -0.2) is 17.4 Å². The van der Waals surface area contributed by atoms with Crippen LogP contribution in [0.5, 0.6) is 0 Å². The second kappa shape index (κ2) is 7.68. The smallest absolute Gasteiger partial charge is 0.263 e. The van der Waals surface area contributed by atoms with Crippen LogP contribution in [-0.2, 0) is 6.42 Å². The zero-order chi connectivity index (χ0) is 18.8. The SMILES string of the molecule is Nc1c(C(=O)NCCc2cccc(Cl)c2)sc2nc(-c3cccs3)ccc12. The lowest BCUT2D eigenvalue weighted by Crippen LogP contribution is -2.25. The lowest BCUT2D eigenvalue weighted by atomic mass is 10.1. The number of nitrogens with zero attached hydrogens (tertiary/aromatic N) is 1. The van der Waals surface area contributed by atoms with Crippen LogP contribution in [0.1, 0.15) is 15.2 Å². The van der Waals surface area contributed by atoms with E-state index in [0.717, 1.165) is 26.4 Å². The Kier molecular flexibility index (Phi) is 5.11. The number of carbonyl (C=O) groups is 1. The van der Waals surface area contributed by atoms with E-state index in [1.54, 1.807) is 11.3 Å². The highest BCUT2D eigenvalue weighted by Gasteiger charge is 2.17. The molecule has 0 saturated heterocycles. The van der Waals surface area contributed by atoms with Crippen LogP contribution < -0.4 is 11.1 Å². The molecule has 4 nitrogen and oxygen atoms in total. The molecular weight excluding hydrogens is 398 g/mol. The summed E-state index contributed by atoms with van der Waals surface area (Å²) in [6.07, 6.45) is 0.706. The van der Waals surface area contributed by atoms with E-state index in [4.69, 9.17) is 17.3 Å². The molecule has 0 unspecified atom stereocenters. The van der Waals surface area contributed by atoms with E-state index in [1.807, 2.05) is 53.9 Å². The van der Waals surface area contributed by atoms with Gasteiger partial charge in [0.05, 0.1) is 16.3 Å². The van der Waals surface area contributed by atoms with E-state index in [2.05, 4.69) is 10.3 Å². The maximum Gasteiger partial charge on any atom is 0.263 e. The molecule has 0 bridgehead atoms. The number of thiophene rings is 2. The summed E-state index contributed by atoms with van der Waals surface area (Å²) in [5.74, 6) is -0.171. The molecule has 0 saturated carbocycles. The first kappa shape index (κ1) is 18.0. The van der Waals surface area contributed by atoms with Crippen molar-refractivity contribution in [3.63, 3.8) is 0 Å². The number of nitrogen functional groups attached to an aromatic ring is 1. The van der Waals surface area contributed by atoms with Gasteiger partial charge in [-0.3, -0.25) is 4.79 Å². The van der Waals surface area contributed by atoms with Crippen molar-refractivity contribution >= 4 is 56.1 Å². The molecule has 0 spiro atoms. The molecule has 136 valence electrons. The number of amides is 1. The third kappa shape index (κ3) is 3.83. The molecule has 0 atom stereocenters. The van der Waals surface area contributed by atoms with Gasteiger partial charge in [0.1, 0.15) is 9.71 Å². The van der Waals surface area contributed by atoms with Gasteiger partial charge in [0, 0.05) is 17.0 Å². The number of nitrogens with two attached hydrogens (primary N) is 1. The third-order valence-electron chi connectivity index (χ3n) is 4.16.